The van der Waals surface area contributed by atoms with E-state index in [4.69, 9.17) is 0 Å². The smallest absolute Gasteiger partial charge is 0.226 e. The Balaban J connectivity index is 1.55. The summed E-state index contributed by atoms with van der Waals surface area (Å²) in [6, 6.07) is 8.50. The standard InChI is InChI=1S/C20H29N3O2/c1-16-6-3-4-7-18(16)15-22-9-5-10-23(13-12-22)20(25)17-8-11-21(2)19(24)14-17/h3-4,6-7,17H,5,8-15H2,1-2H3. The van der Waals surface area contributed by atoms with Crippen LogP contribution in [0.25, 0.3) is 0 Å². The van der Waals surface area contributed by atoms with Gasteiger partial charge < -0.3 is 9.80 Å². The quantitative estimate of drug-likeness (QED) is 0.842. The average molecular weight is 343 g/mol. The van der Waals surface area contributed by atoms with Gasteiger partial charge >= 0.3 is 0 Å². The minimum absolute atomic E-state index is 0.0978. The second-order valence-corrected chi connectivity index (χ2v) is 7.39. The summed E-state index contributed by atoms with van der Waals surface area (Å²) in [7, 11) is 1.82. The number of hydrogen-bond acceptors (Lipinski definition) is 3. The molecule has 5 nitrogen and oxygen atoms in total. The van der Waals surface area contributed by atoms with Gasteiger partial charge in [-0.15, -0.1) is 0 Å². The van der Waals surface area contributed by atoms with E-state index in [1.165, 1.54) is 11.1 Å². The van der Waals surface area contributed by atoms with Gasteiger partial charge in [-0.2, -0.15) is 0 Å². The van der Waals surface area contributed by atoms with Gasteiger partial charge in [0.1, 0.15) is 0 Å². The van der Waals surface area contributed by atoms with Gasteiger partial charge in [0.05, 0.1) is 0 Å². The zero-order valence-corrected chi connectivity index (χ0v) is 15.4. The van der Waals surface area contributed by atoms with Crippen molar-refractivity contribution in [1.82, 2.24) is 14.7 Å². The number of hydrogen-bond donors (Lipinski definition) is 0. The Morgan fingerprint density at radius 2 is 1.92 bits per heavy atom. The Labute approximate surface area is 150 Å². The Bertz CT molecular complexity index is 631. The van der Waals surface area contributed by atoms with Crippen LogP contribution in [0, 0.1) is 12.8 Å². The monoisotopic (exact) mass is 343 g/mol. The van der Waals surface area contributed by atoms with Crippen molar-refractivity contribution in [3.63, 3.8) is 0 Å². The lowest BCUT2D eigenvalue weighted by Gasteiger charge is -2.31. The molecule has 1 atom stereocenters. The number of aryl methyl sites for hydroxylation is 1. The summed E-state index contributed by atoms with van der Waals surface area (Å²) < 4.78 is 0. The van der Waals surface area contributed by atoms with E-state index in [0.29, 0.717) is 13.0 Å². The van der Waals surface area contributed by atoms with Crippen molar-refractivity contribution in [2.24, 2.45) is 5.92 Å². The second kappa shape index (κ2) is 8.00. The van der Waals surface area contributed by atoms with Crippen LogP contribution in [0.3, 0.4) is 0 Å². The number of rotatable bonds is 3. The van der Waals surface area contributed by atoms with Crippen LogP contribution in [0.4, 0.5) is 0 Å². The maximum Gasteiger partial charge on any atom is 0.226 e. The third-order valence-corrected chi connectivity index (χ3v) is 5.56. The van der Waals surface area contributed by atoms with Crippen LogP contribution in [0.15, 0.2) is 24.3 Å². The van der Waals surface area contributed by atoms with Gasteiger partial charge in [0, 0.05) is 58.7 Å². The molecule has 2 amide bonds. The van der Waals surface area contributed by atoms with Gasteiger partial charge in [-0.1, -0.05) is 24.3 Å². The lowest BCUT2D eigenvalue weighted by molar-refractivity contribution is -0.144. The molecule has 0 aliphatic carbocycles. The largest absolute Gasteiger partial charge is 0.346 e. The SMILES string of the molecule is Cc1ccccc1CN1CCCN(C(=O)C2CCN(C)C(=O)C2)CC1. The number of carbonyl (C=O) groups excluding carboxylic acids is 2. The summed E-state index contributed by atoms with van der Waals surface area (Å²) in [6.45, 7) is 7.30. The molecule has 1 aromatic carbocycles. The van der Waals surface area contributed by atoms with Crippen LogP contribution >= 0.6 is 0 Å². The topological polar surface area (TPSA) is 43.9 Å². The molecule has 0 spiro atoms. The van der Waals surface area contributed by atoms with E-state index >= 15 is 0 Å². The Kier molecular flexibility index (Phi) is 5.74. The molecule has 2 aliphatic rings. The fourth-order valence-electron chi connectivity index (χ4n) is 3.79. The zero-order chi connectivity index (χ0) is 17.8. The molecular weight excluding hydrogens is 314 g/mol. The molecule has 5 heteroatoms. The van der Waals surface area contributed by atoms with Gasteiger partial charge in [0.2, 0.25) is 11.8 Å². The van der Waals surface area contributed by atoms with Gasteiger partial charge in [0.15, 0.2) is 0 Å². The van der Waals surface area contributed by atoms with Gasteiger partial charge in [-0.25, -0.2) is 0 Å². The van der Waals surface area contributed by atoms with E-state index in [0.717, 1.165) is 45.6 Å². The first-order chi connectivity index (χ1) is 12.0. The summed E-state index contributed by atoms with van der Waals surface area (Å²) in [6.07, 6.45) is 2.17. The van der Waals surface area contributed by atoms with Crippen molar-refractivity contribution in [3.05, 3.63) is 35.4 Å². The Morgan fingerprint density at radius 1 is 1.12 bits per heavy atom. The van der Waals surface area contributed by atoms with Crippen molar-refractivity contribution >= 4 is 11.8 Å². The summed E-state index contributed by atoms with van der Waals surface area (Å²) in [4.78, 5) is 30.9. The summed E-state index contributed by atoms with van der Waals surface area (Å²) in [5.41, 5.74) is 2.69. The first-order valence-electron chi connectivity index (χ1n) is 9.34. The van der Waals surface area contributed by atoms with Crippen molar-refractivity contribution in [3.8, 4) is 0 Å². The molecule has 25 heavy (non-hydrogen) atoms. The Hall–Kier alpha value is -1.88. The fraction of sp³-hybridized carbons (Fsp3) is 0.600. The molecule has 1 aromatic rings. The van der Waals surface area contributed by atoms with E-state index in [-0.39, 0.29) is 17.7 Å². The van der Waals surface area contributed by atoms with Crippen LogP contribution in [-0.2, 0) is 16.1 Å². The highest BCUT2D eigenvalue weighted by atomic mass is 16.2. The van der Waals surface area contributed by atoms with E-state index in [2.05, 4.69) is 36.1 Å². The molecule has 2 heterocycles. The summed E-state index contributed by atoms with van der Waals surface area (Å²) in [5, 5.41) is 0. The first-order valence-corrected chi connectivity index (χ1v) is 9.34. The normalized spacial score (nSPS) is 22.8. The van der Waals surface area contributed by atoms with Crippen molar-refractivity contribution in [2.75, 3.05) is 39.8 Å². The minimum Gasteiger partial charge on any atom is -0.346 e. The molecule has 3 rings (SSSR count). The van der Waals surface area contributed by atoms with Crippen molar-refractivity contribution in [1.29, 1.82) is 0 Å². The van der Waals surface area contributed by atoms with Crippen LogP contribution in [0.2, 0.25) is 0 Å². The number of likely N-dealkylation sites (tertiary alicyclic amines) is 1. The molecule has 0 aromatic heterocycles. The summed E-state index contributed by atoms with van der Waals surface area (Å²) >= 11 is 0. The van der Waals surface area contributed by atoms with Crippen molar-refractivity contribution < 1.29 is 9.59 Å². The van der Waals surface area contributed by atoms with Crippen LogP contribution in [-0.4, -0.2) is 66.3 Å². The zero-order valence-electron chi connectivity index (χ0n) is 15.4. The number of benzene rings is 1. The first kappa shape index (κ1) is 17.9. The highest BCUT2D eigenvalue weighted by molar-refractivity contribution is 5.86. The predicted octanol–water partition coefficient (Wildman–Crippen LogP) is 1.90. The van der Waals surface area contributed by atoms with Crippen LogP contribution < -0.4 is 0 Å². The van der Waals surface area contributed by atoms with E-state index in [1.54, 1.807) is 4.90 Å². The molecule has 2 aliphatic heterocycles. The van der Waals surface area contributed by atoms with E-state index in [9.17, 15) is 9.59 Å². The molecular formula is C20H29N3O2. The van der Waals surface area contributed by atoms with Crippen LogP contribution in [0.5, 0.6) is 0 Å². The third kappa shape index (κ3) is 4.40. The molecule has 0 saturated carbocycles. The summed E-state index contributed by atoms with van der Waals surface area (Å²) in [5.74, 6) is 0.159. The van der Waals surface area contributed by atoms with Gasteiger partial charge in [-0.3, -0.25) is 14.5 Å². The van der Waals surface area contributed by atoms with Crippen molar-refractivity contribution in [2.45, 2.75) is 32.7 Å². The van der Waals surface area contributed by atoms with Crippen LogP contribution in [0.1, 0.15) is 30.4 Å². The molecule has 0 bridgehead atoms. The molecule has 2 saturated heterocycles. The maximum atomic E-state index is 12.8. The van der Waals surface area contributed by atoms with E-state index < -0.39 is 0 Å². The highest BCUT2D eigenvalue weighted by Crippen LogP contribution is 2.21. The van der Waals surface area contributed by atoms with Gasteiger partial charge in [0.25, 0.3) is 0 Å². The number of piperidine rings is 1. The number of carbonyl (C=O) groups is 2. The third-order valence-electron chi connectivity index (χ3n) is 5.56. The number of nitrogens with zero attached hydrogens (tertiary/aromatic N) is 3. The average Bonchev–Trinajstić information content (AvgIpc) is 2.84. The second-order valence-electron chi connectivity index (χ2n) is 7.39. The molecule has 0 N–H and O–H groups in total. The van der Waals surface area contributed by atoms with Gasteiger partial charge in [-0.05, 0) is 30.9 Å². The minimum atomic E-state index is -0.119. The predicted molar refractivity (Wildman–Crippen MR) is 98.0 cm³/mol. The highest BCUT2D eigenvalue weighted by Gasteiger charge is 2.32. The molecule has 2 fully saturated rings. The lowest BCUT2D eigenvalue weighted by atomic mass is 9.95. The molecule has 1 unspecified atom stereocenters. The Morgan fingerprint density at radius 3 is 2.68 bits per heavy atom. The number of amides is 2. The lowest BCUT2D eigenvalue weighted by Crippen LogP contribution is -2.44. The maximum absolute atomic E-state index is 12.8. The molecule has 136 valence electrons. The fourth-order valence-corrected chi connectivity index (χ4v) is 3.79. The van der Waals surface area contributed by atoms with E-state index in [1.807, 2.05) is 11.9 Å². The molecule has 0 radical (unpaired) electrons.